The fourth-order valence-electron chi connectivity index (χ4n) is 1.73. The molecule has 2 N–H and O–H groups in total. The fourth-order valence-corrected chi connectivity index (χ4v) is 1.73. The lowest BCUT2D eigenvalue weighted by molar-refractivity contribution is 0.174. The van der Waals surface area contributed by atoms with Crippen LogP contribution >= 0.6 is 0 Å². The van der Waals surface area contributed by atoms with Crippen molar-refractivity contribution in [2.24, 2.45) is 0 Å². The van der Waals surface area contributed by atoms with Crippen LogP contribution in [0.2, 0.25) is 0 Å². The summed E-state index contributed by atoms with van der Waals surface area (Å²) in [4.78, 5) is 6.59. The first kappa shape index (κ1) is 16.3. The Morgan fingerprint density at radius 2 is 2.30 bits per heavy atom. The number of hydrogen-bond donors (Lipinski definition) is 2. The van der Waals surface area contributed by atoms with E-state index in [1.54, 1.807) is 0 Å². The van der Waals surface area contributed by atoms with E-state index in [0.717, 1.165) is 31.1 Å². The molecule has 112 valence electrons. The van der Waals surface area contributed by atoms with E-state index in [2.05, 4.69) is 47.1 Å². The summed E-state index contributed by atoms with van der Waals surface area (Å²) in [5, 5.41) is 6.54. The highest BCUT2D eigenvalue weighted by molar-refractivity contribution is 5.48. The van der Waals surface area contributed by atoms with Gasteiger partial charge in [-0.2, -0.15) is 0 Å². The Morgan fingerprint density at radius 1 is 1.50 bits per heavy atom. The maximum atomic E-state index is 5.24. The second-order valence-electron chi connectivity index (χ2n) is 4.67. The van der Waals surface area contributed by atoms with Crippen molar-refractivity contribution in [1.82, 2.24) is 10.3 Å². The highest BCUT2D eigenvalue weighted by Crippen LogP contribution is 2.13. The van der Waals surface area contributed by atoms with E-state index in [9.17, 15) is 0 Å². The zero-order valence-electron chi connectivity index (χ0n) is 12.7. The number of anilines is 2. The lowest BCUT2D eigenvalue weighted by Crippen LogP contribution is -2.29. The van der Waals surface area contributed by atoms with Gasteiger partial charge in [-0.05, 0) is 25.6 Å². The zero-order chi connectivity index (χ0) is 14.8. The smallest absolute Gasteiger partial charge is 0.126 e. The molecule has 0 spiro atoms. The van der Waals surface area contributed by atoms with Crippen LogP contribution in [-0.2, 0) is 4.74 Å². The Bertz CT molecular complexity index is 380. The van der Waals surface area contributed by atoms with Crippen molar-refractivity contribution in [3.63, 3.8) is 0 Å². The molecule has 0 aliphatic rings. The molecule has 20 heavy (non-hydrogen) atoms. The molecule has 1 aromatic heterocycles. The van der Waals surface area contributed by atoms with Crippen molar-refractivity contribution < 1.29 is 4.74 Å². The summed E-state index contributed by atoms with van der Waals surface area (Å²) in [6.07, 6.45) is 3.42. The molecule has 0 saturated carbocycles. The standard InChI is InChI=1S/C15H26N4O/c1-5-16-9-10-19(4)14-7-8-15(18-12-14)17-11-13(3)20-6-2/h6-8,12-13,16H,2,5,9-11H2,1,3-4H3,(H,17,18). The highest BCUT2D eigenvalue weighted by Gasteiger charge is 2.03. The van der Waals surface area contributed by atoms with Crippen molar-refractivity contribution in [3.8, 4) is 0 Å². The number of nitrogens with one attached hydrogen (secondary N) is 2. The maximum Gasteiger partial charge on any atom is 0.126 e. The molecule has 1 unspecified atom stereocenters. The van der Waals surface area contributed by atoms with E-state index < -0.39 is 0 Å². The second-order valence-corrected chi connectivity index (χ2v) is 4.67. The van der Waals surface area contributed by atoms with Gasteiger partial charge < -0.3 is 20.3 Å². The third-order valence-corrected chi connectivity index (χ3v) is 2.96. The van der Waals surface area contributed by atoms with Gasteiger partial charge in [0.15, 0.2) is 0 Å². The molecule has 1 rings (SSSR count). The molecule has 0 fully saturated rings. The second kappa shape index (κ2) is 9.20. The summed E-state index contributed by atoms with van der Waals surface area (Å²) in [5.41, 5.74) is 1.11. The van der Waals surface area contributed by atoms with E-state index >= 15 is 0 Å². The minimum atomic E-state index is 0.0803. The van der Waals surface area contributed by atoms with Crippen molar-refractivity contribution >= 4 is 11.5 Å². The van der Waals surface area contributed by atoms with Gasteiger partial charge in [0.2, 0.25) is 0 Å². The number of ether oxygens (including phenoxy) is 1. The van der Waals surface area contributed by atoms with Crippen molar-refractivity contribution in [1.29, 1.82) is 0 Å². The molecule has 0 aliphatic heterocycles. The van der Waals surface area contributed by atoms with Gasteiger partial charge in [-0.3, -0.25) is 0 Å². The van der Waals surface area contributed by atoms with Crippen molar-refractivity contribution in [2.45, 2.75) is 20.0 Å². The van der Waals surface area contributed by atoms with Crippen LogP contribution in [0.15, 0.2) is 31.2 Å². The van der Waals surface area contributed by atoms with Crippen LogP contribution in [0.3, 0.4) is 0 Å². The van der Waals surface area contributed by atoms with Crippen LogP contribution in [0.1, 0.15) is 13.8 Å². The molecule has 0 aliphatic carbocycles. The largest absolute Gasteiger partial charge is 0.497 e. The monoisotopic (exact) mass is 278 g/mol. The van der Waals surface area contributed by atoms with Crippen LogP contribution in [0.25, 0.3) is 0 Å². The van der Waals surface area contributed by atoms with Gasteiger partial charge >= 0.3 is 0 Å². The van der Waals surface area contributed by atoms with Crippen LogP contribution in [0.5, 0.6) is 0 Å². The van der Waals surface area contributed by atoms with Gasteiger partial charge in [-0.15, -0.1) is 0 Å². The minimum Gasteiger partial charge on any atom is -0.497 e. The van der Waals surface area contributed by atoms with Crippen LogP contribution in [0.4, 0.5) is 11.5 Å². The van der Waals surface area contributed by atoms with Gasteiger partial charge in [0.05, 0.1) is 24.7 Å². The minimum absolute atomic E-state index is 0.0803. The summed E-state index contributed by atoms with van der Waals surface area (Å²) in [6, 6.07) is 4.06. The van der Waals surface area contributed by atoms with E-state index in [1.165, 1.54) is 6.26 Å². The van der Waals surface area contributed by atoms with Gasteiger partial charge in [-0.25, -0.2) is 4.98 Å². The number of rotatable bonds is 10. The quantitative estimate of drug-likeness (QED) is 0.507. The Balaban J connectivity index is 2.41. The number of pyridine rings is 1. The summed E-state index contributed by atoms with van der Waals surface area (Å²) >= 11 is 0. The summed E-state index contributed by atoms with van der Waals surface area (Å²) < 4.78 is 5.24. The molecule has 1 aromatic rings. The zero-order valence-corrected chi connectivity index (χ0v) is 12.7. The lowest BCUT2D eigenvalue weighted by atomic mass is 10.3. The molecular weight excluding hydrogens is 252 g/mol. The van der Waals surface area contributed by atoms with Crippen molar-refractivity contribution in [2.75, 3.05) is 43.4 Å². The summed E-state index contributed by atoms with van der Waals surface area (Å²) in [7, 11) is 2.07. The van der Waals surface area contributed by atoms with Crippen LogP contribution in [-0.4, -0.2) is 44.3 Å². The Labute approximate surface area is 122 Å². The molecule has 1 atom stereocenters. The van der Waals surface area contributed by atoms with E-state index in [0.29, 0.717) is 6.54 Å². The maximum absolute atomic E-state index is 5.24. The third-order valence-electron chi connectivity index (χ3n) is 2.96. The first-order chi connectivity index (χ1) is 9.67. The van der Waals surface area contributed by atoms with Crippen molar-refractivity contribution in [3.05, 3.63) is 31.2 Å². The molecule has 1 heterocycles. The van der Waals surface area contributed by atoms with E-state index in [4.69, 9.17) is 4.74 Å². The predicted octanol–water partition coefficient (Wildman–Crippen LogP) is 2.09. The molecular formula is C15H26N4O. The average molecular weight is 278 g/mol. The molecule has 5 nitrogen and oxygen atoms in total. The Hall–Kier alpha value is -1.75. The number of nitrogens with zero attached hydrogens (tertiary/aromatic N) is 2. The van der Waals surface area contributed by atoms with Crippen LogP contribution < -0.4 is 15.5 Å². The van der Waals surface area contributed by atoms with Gasteiger partial charge in [-0.1, -0.05) is 13.5 Å². The molecule has 0 bridgehead atoms. The summed E-state index contributed by atoms with van der Waals surface area (Å²) in [6.45, 7) is 11.3. The number of aromatic nitrogens is 1. The highest BCUT2D eigenvalue weighted by atomic mass is 16.5. The SMILES string of the molecule is C=COC(C)CNc1ccc(N(C)CCNCC)cn1. The first-order valence-corrected chi connectivity index (χ1v) is 7.05. The number of likely N-dealkylation sites (N-methyl/N-ethyl adjacent to an activating group) is 2. The fraction of sp³-hybridized carbons (Fsp3) is 0.533. The summed E-state index contributed by atoms with van der Waals surface area (Å²) in [5.74, 6) is 0.855. The topological polar surface area (TPSA) is 49.4 Å². The number of hydrogen-bond acceptors (Lipinski definition) is 5. The van der Waals surface area contributed by atoms with E-state index in [1.807, 2.05) is 19.2 Å². The van der Waals surface area contributed by atoms with Gasteiger partial charge in [0.25, 0.3) is 0 Å². The molecule has 0 aromatic carbocycles. The van der Waals surface area contributed by atoms with Crippen LogP contribution in [0, 0.1) is 0 Å². The first-order valence-electron chi connectivity index (χ1n) is 7.05. The van der Waals surface area contributed by atoms with E-state index in [-0.39, 0.29) is 6.10 Å². The normalized spacial score (nSPS) is 11.8. The predicted molar refractivity (Wildman–Crippen MR) is 85.3 cm³/mol. The molecule has 0 saturated heterocycles. The molecule has 0 amide bonds. The molecule has 5 heteroatoms. The third kappa shape index (κ3) is 5.93. The lowest BCUT2D eigenvalue weighted by Gasteiger charge is -2.19. The van der Waals surface area contributed by atoms with Gasteiger partial charge in [0.1, 0.15) is 11.9 Å². The Kier molecular flexibility index (Phi) is 7.50. The average Bonchev–Trinajstić information content (AvgIpc) is 2.46. The van der Waals surface area contributed by atoms with Gasteiger partial charge in [0, 0.05) is 20.1 Å². The Morgan fingerprint density at radius 3 is 2.90 bits per heavy atom. The molecule has 0 radical (unpaired) electrons.